The molecule has 0 unspecified atom stereocenters. The van der Waals surface area contributed by atoms with Crippen LogP contribution in [0.1, 0.15) is 76.8 Å². The summed E-state index contributed by atoms with van der Waals surface area (Å²) in [5.41, 5.74) is 7.36. The van der Waals surface area contributed by atoms with Gasteiger partial charge in [-0.15, -0.1) is 0 Å². The lowest BCUT2D eigenvalue weighted by Gasteiger charge is -2.08. The highest BCUT2D eigenvalue weighted by molar-refractivity contribution is 5.24. The predicted octanol–water partition coefficient (Wildman–Crippen LogP) is 5.91. The molecule has 0 aliphatic carbocycles. The van der Waals surface area contributed by atoms with Gasteiger partial charge in [0.25, 0.3) is 0 Å². The van der Waals surface area contributed by atoms with E-state index in [1.807, 2.05) is 0 Å². The molecule has 23 heavy (non-hydrogen) atoms. The molecule has 2 nitrogen and oxygen atoms in total. The van der Waals surface area contributed by atoms with E-state index >= 15 is 0 Å². The molecule has 1 heterocycles. The number of ether oxygens (including phenoxy) is 1. The van der Waals surface area contributed by atoms with Gasteiger partial charge in [-0.3, -0.25) is 0 Å². The van der Waals surface area contributed by atoms with E-state index in [9.17, 15) is 0 Å². The van der Waals surface area contributed by atoms with Crippen molar-refractivity contribution in [1.29, 1.82) is 0 Å². The highest BCUT2D eigenvalue weighted by Gasteiger charge is 1.95. The Labute approximate surface area is 145 Å². The number of hydrogen-bond acceptors (Lipinski definition) is 2. The monoisotopic (exact) mass is 323 g/mol. The van der Waals surface area contributed by atoms with Gasteiger partial charge in [0.05, 0.1) is 0 Å². The van der Waals surface area contributed by atoms with Crippen molar-refractivity contribution in [2.45, 2.75) is 79.1 Å². The Bertz CT molecular complexity index is 306. The van der Waals surface area contributed by atoms with E-state index in [0.717, 1.165) is 19.6 Å². The molecule has 0 saturated carbocycles. The van der Waals surface area contributed by atoms with E-state index in [1.54, 1.807) is 0 Å². The zero-order valence-corrected chi connectivity index (χ0v) is 16.4. The fourth-order valence-electron chi connectivity index (χ4n) is 2.19. The van der Waals surface area contributed by atoms with Crippen molar-refractivity contribution in [2.24, 2.45) is 5.73 Å². The van der Waals surface area contributed by atoms with Crippen molar-refractivity contribution in [1.82, 2.24) is 0 Å². The molecule has 0 aromatic heterocycles. The minimum absolute atomic E-state index is 1.00. The van der Waals surface area contributed by atoms with E-state index in [1.165, 1.54) is 63.1 Å². The summed E-state index contributed by atoms with van der Waals surface area (Å²) >= 11 is 0. The van der Waals surface area contributed by atoms with E-state index in [0.29, 0.717) is 0 Å². The summed E-state index contributed by atoms with van der Waals surface area (Å²) in [5, 5.41) is 0. The first-order chi connectivity index (χ1) is 11.3. The quantitative estimate of drug-likeness (QED) is 0.699. The highest BCUT2D eigenvalue weighted by atomic mass is 16.5. The summed E-state index contributed by atoms with van der Waals surface area (Å²) in [7, 11) is 1.50. The van der Waals surface area contributed by atoms with Gasteiger partial charge in [-0.05, 0) is 50.8 Å². The van der Waals surface area contributed by atoms with Gasteiger partial charge in [0.2, 0.25) is 0 Å². The first-order valence-electron chi connectivity index (χ1n) is 9.46. The second-order valence-electron chi connectivity index (χ2n) is 5.66. The summed E-state index contributed by atoms with van der Waals surface area (Å²) in [6.07, 6.45) is 10.6. The van der Waals surface area contributed by atoms with Crippen molar-refractivity contribution in [3.63, 3.8) is 0 Å². The molecular formula is C21H41NO. The SMILES string of the molecule is C1CCOCC1.CCCCCC.CCc1ccccc1C.CN. The van der Waals surface area contributed by atoms with Crippen LogP contribution in [0.2, 0.25) is 0 Å². The van der Waals surface area contributed by atoms with Crippen molar-refractivity contribution in [3.8, 4) is 0 Å². The molecule has 0 spiro atoms. The maximum atomic E-state index is 5.07. The van der Waals surface area contributed by atoms with Crippen LogP contribution in [0, 0.1) is 6.92 Å². The Morgan fingerprint density at radius 3 is 1.65 bits per heavy atom. The molecule has 2 heteroatoms. The highest BCUT2D eigenvalue weighted by Crippen LogP contribution is 2.06. The summed E-state index contributed by atoms with van der Waals surface area (Å²) in [5.74, 6) is 0. The Hall–Kier alpha value is -0.860. The van der Waals surface area contributed by atoms with Crippen LogP contribution in [0.15, 0.2) is 24.3 Å². The standard InChI is InChI=1S/C9H12.C6H14.C5H10O.CH5N/c1-3-9-7-5-4-6-8(9)2;1-3-5-6-4-2;1-2-4-6-5-3-1;1-2/h4-7H,3H2,1-2H3;3-6H2,1-2H3;1-5H2;2H2,1H3. The number of hydrogen-bond donors (Lipinski definition) is 1. The molecule has 1 saturated heterocycles. The van der Waals surface area contributed by atoms with Crippen LogP contribution in [0.25, 0.3) is 0 Å². The average Bonchev–Trinajstić information content (AvgIpc) is 2.64. The Morgan fingerprint density at radius 2 is 1.39 bits per heavy atom. The topological polar surface area (TPSA) is 35.2 Å². The number of unbranched alkanes of at least 4 members (excludes halogenated alkanes) is 3. The van der Waals surface area contributed by atoms with Crippen molar-refractivity contribution in [2.75, 3.05) is 20.3 Å². The van der Waals surface area contributed by atoms with Crippen LogP contribution >= 0.6 is 0 Å². The van der Waals surface area contributed by atoms with E-state index in [4.69, 9.17) is 4.74 Å². The zero-order chi connectivity index (χ0) is 17.8. The van der Waals surface area contributed by atoms with Crippen LogP contribution < -0.4 is 5.73 Å². The summed E-state index contributed by atoms with van der Waals surface area (Å²) in [6, 6.07) is 8.49. The Balaban J connectivity index is 0. The van der Waals surface area contributed by atoms with Crippen LogP contribution in [-0.2, 0) is 11.2 Å². The van der Waals surface area contributed by atoms with Crippen LogP contribution in [0.4, 0.5) is 0 Å². The normalized spacial score (nSPS) is 12.6. The van der Waals surface area contributed by atoms with Gasteiger partial charge in [0.15, 0.2) is 0 Å². The van der Waals surface area contributed by atoms with Gasteiger partial charge in [-0.1, -0.05) is 70.7 Å². The maximum Gasteiger partial charge on any atom is 0.0466 e. The lowest BCUT2D eigenvalue weighted by molar-refractivity contribution is 0.0968. The number of rotatable bonds is 4. The lowest BCUT2D eigenvalue weighted by atomic mass is 10.1. The molecule has 0 atom stereocenters. The Kier molecular flexibility index (Phi) is 22.4. The minimum atomic E-state index is 1.00. The van der Waals surface area contributed by atoms with Crippen LogP contribution in [0.5, 0.6) is 0 Å². The number of nitrogens with two attached hydrogens (primary N) is 1. The summed E-state index contributed by atoms with van der Waals surface area (Å²) in [6.45, 7) is 10.8. The molecule has 0 radical (unpaired) electrons. The molecule has 1 aliphatic heterocycles. The number of aryl methyl sites for hydroxylation is 2. The van der Waals surface area contributed by atoms with Crippen LogP contribution in [0.3, 0.4) is 0 Å². The van der Waals surface area contributed by atoms with Gasteiger partial charge in [0, 0.05) is 13.2 Å². The van der Waals surface area contributed by atoms with E-state index < -0.39 is 0 Å². The first-order valence-corrected chi connectivity index (χ1v) is 9.46. The molecule has 2 N–H and O–H groups in total. The third kappa shape index (κ3) is 17.3. The van der Waals surface area contributed by atoms with Crippen molar-refractivity contribution >= 4 is 0 Å². The second kappa shape index (κ2) is 21.1. The summed E-state index contributed by atoms with van der Waals surface area (Å²) in [4.78, 5) is 0. The van der Waals surface area contributed by atoms with Crippen molar-refractivity contribution < 1.29 is 4.74 Å². The smallest absolute Gasteiger partial charge is 0.0466 e. The van der Waals surface area contributed by atoms with Gasteiger partial charge >= 0.3 is 0 Å². The van der Waals surface area contributed by atoms with Crippen LogP contribution in [-0.4, -0.2) is 20.3 Å². The Morgan fingerprint density at radius 1 is 0.870 bits per heavy atom. The van der Waals surface area contributed by atoms with Gasteiger partial charge in [-0.25, -0.2) is 0 Å². The van der Waals surface area contributed by atoms with Gasteiger partial charge in [0.1, 0.15) is 0 Å². The van der Waals surface area contributed by atoms with Crippen molar-refractivity contribution in [3.05, 3.63) is 35.4 Å². The minimum Gasteiger partial charge on any atom is -0.381 e. The molecular weight excluding hydrogens is 282 g/mol. The van der Waals surface area contributed by atoms with Gasteiger partial charge in [-0.2, -0.15) is 0 Å². The molecule has 2 rings (SSSR count). The second-order valence-corrected chi connectivity index (χ2v) is 5.66. The third-order valence-corrected chi connectivity index (χ3v) is 3.68. The molecule has 1 aromatic carbocycles. The molecule has 136 valence electrons. The molecule has 1 aliphatic rings. The third-order valence-electron chi connectivity index (χ3n) is 3.68. The lowest BCUT2D eigenvalue weighted by Crippen LogP contribution is -2.03. The molecule has 0 bridgehead atoms. The average molecular weight is 324 g/mol. The largest absolute Gasteiger partial charge is 0.381 e. The molecule has 1 fully saturated rings. The fourth-order valence-corrected chi connectivity index (χ4v) is 2.19. The fraction of sp³-hybridized carbons (Fsp3) is 0.714. The number of benzene rings is 1. The molecule has 1 aromatic rings. The zero-order valence-electron chi connectivity index (χ0n) is 16.4. The summed E-state index contributed by atoms with van der Waals surface area (Å²) < 4.78 is 5.07. The predicted molar refractivity (Wildman–Crippen MR) is 105 cm³/mol. The van der Waals surface area contributed by atoms with E-state index in [-0.39, 0.29) is 0 Å². The maximum absolute atomic E-state index is 5.07. The molecule has 0 amide bonds. The first kappa shape index (κ1) is 24.4. The van der Waals surface area contributed by atoms with E-state index in [2.05, 4.69) is 57.7 Å². The van der Waals surface area contributed by atoms with Gasteiger partial charge < -0.3 is 10.5 Å².